The van der Waals surface area contributed by atoms with E-state index in [1.165, 1.54) is 69.2 Å². The molecule has 0 unspecified atom stereocenters. The Morgan fingerprint density at radius 2 is 1.54 bits per heavy atom. The lowest BCUT2D eigenvalue weighted by Gasteiger charge is -2.22. The van der Waals surface area contributed by atoms with E-state index in [2.05, 4.69) is 62.3 Å². The molecule has 1 saturated heterocycles. The van der Waals surface area contributed by atoms with Gasteiger partial charge in [-0.2, -0.15) is 0 Å². The van der Waals surface area contributed by atoms with E-state index in [4.69, 9.17) is 0 Å². The Kier molecular flexibility index (Phi) is 14.8. The maximum absolute atomic E-state index is 12.2. The second-order valence-corrected chi connectivity index (χ2v) is 10.7. The van der Waals surface area contributed by atoms with Crippen molar-refractivity contribution in [3.8, 4) is 0 Å². The highest BCUT2D eigenvalue weighted by Gasteiger charge is 2.11. The average Bonchev–Trinajstić information content (AvgIpc) is 2.84. The van der Waals surface area contributed by atoms with Gasteiger partial charge in [0.1, 0.15) is 0 Å². The smallest absolute Gasteiger partial charge is 0.252 e. The molecule has 0 aromatic heterocycles. The molecule has 1 fully saturated rings. The van der Waals surface area contributed by atoms with Crippen LogP contribution in [0.3, 0.4) is 0 Å². The van der Waals surface area contributed by atoms with Crippen molar-refractivity contribution in [2.24, 2.45) is 5.92 Å². The Morgan fingerprint density at radius 1 is 0.914 bits per heavy atom. The third-order valence-corrected chi connectivity index (χ3v) is 7.46. The van der Waals surface area contributed by atoms with Gasteiger partial charge in [0, 0.05) is 11.4 Å². The molecule has 0 spiro atoms. The van der Waals surface area contributed by atoms with Crippen molar-refractivity contribution in [3.05, 3.63) is 64.8 Å². The molecule has 0 radical (unpaired) electrons. The van der Waals surface area contributed by atoms with Crippen molar-refractivity contribution in [2.75, 3.05) is 19.6 Å². The van der Waals surface area contributed by atoms with Crippen LogP contribution in [-0.4, -0.2) is 25.5 Å². The van der Waals surface area contributed by atoms with E-state index < -0.39 is 0 Å². The average molecular weight is 497 g/mol. The molecule has 4 heteroatoms. The van der Waals surface area contributed by atoms with Gasteiger partial charge in [0.05, 0.1) is 5.56 Å². The van der Waals surface area contributed by atoms with Crippen LogP contribution in [0.5, 0.6) is 0 Å². The summed E-state index contributed by atoms with van der Waals surface area (Å²) in [5, 5.41) is 6.42. The lowest BCUT2D eigenvalue weighted by molar-refractivity contribution is 0.0955. The number of benzene rings is 1. The second kappa shape index (κ2) is 17.6. The van der Waals surface area contributed by atoms with Gasteiger partial charge in [0.2, 0.25) is 0 Å². The first kappa shape index (κ1) is 29.5. The Labute approximate surface area is 220 Å². The minimum absolute atomic E-state index is 0.0732. The molecule has 1 heterocycles. The molecule has 2 N–H and O–H groups in total. The van der Waals surface area contributed by atoms with E-state index in [9.17, 15) is 4.79 Å². The number of carbonyl (C=O) groups excluding carboxylic acids is 1. The lowest BCUT2D eigenvalue weighted by atomic mass is 9.92. The van der Waals surface area contributed by atoms with Gasteiger partial charge in [-0.15, -0.1) is 12.6 Å². The SMILES string of the molecule is CC(=CCCC(C)=CCNC(=O)c1ccccc1S)CCC=C(C)CCCCCC1CCNCC1. The maximum Gasteiger partial charge on any atom is 0.252 e. The summed E-state index contributed by atoms with van der Waals surface area (Å²) in [6.45, 7) is 9.69. The van der Waals surface area contributed by atoms with E-state index in [1.807, 2.05) is 18.2 Å². The lowest BCUT2D eigenvalue weighted by Crippen LogP contribution is -2.27. The fourth-order valence-electron chi connectivity index (χ4n) is 4.66. The summed E-state index contributed by atoms with van der Waals surface area (Å²) in [6.07, 6.45) is 20.9. The quantitative estimate of drug-likeness (QED) is 0.131. The summed E-state index contributed by atoms with van der Waals surface area (Å²) < 4.78 is 0. The van der Waals surface area contributed by atoms with Gasteiger partial charge in [-0.3, -0.25) is 4.79 Å². The number of piperidine rings is 1. The van der Waals surface area contributed by atoms with Gasteiger partial charge in [0.15, 0.2) is 0 Å². The summed E-state index contributed by atoms with van der Waals surface area (Å²) in [5.41, 5.74) is 4.96. The van der Waals surface area contributed by atoms with Crippen LogP contribution in [0, 0.1) is 5.92 Å². The predicted molar refractivity (Wildman–Crippen MR) is 154 cm³/mol. The highest BCUT2D eigenvalue weighted by atomic mass is 32.1. The number of allylic oxidation sites excluding steroid dienone is 5. The normalized spacial score (nSPS) is 15.9. The Bertz CT molecular complexity index is 849. The second-order valence-electron chi connectivity index (χ2n) is 10.2. The zero-order chi connectivity index (χ0) is 25.3. The fourth-order valence-corrected chi connectivity index (χ4v) is 4.92. The minimum Gasteiger partial charge on any atom is -0.349 e. The van der Waals surface area contributed by atoms with Crippen molar-refractivity contribution >= 4 is 18.5 Å². The van der Waals surface area contributed by atoms with Crippen LogP contribution in [-0.2, 0) is 0 Å². The first-order valence-electron chi connectivity index (χ1n) is 13.7. The van der Waals surface area contributed by atoms with Crippen molar-refractivity contribution in [1.29, 1.82) is 0 Å². The van der Waals surface area contributed by atoms with Gasteiger partial charge in [-0.25, -0.2) is 0 Å². The Hall–Kier alpha value is -1.78. The van der Waals surface area contributed by atoms with Crippen LogP contribution in [0.25, 0.3) is 0 Å². The highest BCUT2D eigenvalue weighted by Crippen LogP contribution is 2.20. The number of rotatable bonds is 15. The molecule has 1 aromatic carbocycles. The molecule has 0 atom stereocenters. The molecular weight excluding hydrogens is 448 g/mol. The largest absolute Gasteiger partial charge is 0.349 e. The molecule has 0 saturated carbocycles. The Balaban J connectivity index is 1.53. The summed E-state index contributed by atoms with van der Waals surface area (Å²) in [5.74, 6) is 0.903. The molecule has 0 bridgehead atoms. The zero-order valence-electron chi connectivity index (χ0n) is 22.4. The zero-order valence-corrected chi connectivity index (χ0v) is 23.3. The van der Waals surface area contributed by atoms with E-state index in [-0.39, 0.29) is 5.91 Å². The van der Waals surface area contributed by atoms with Gasteiger partial charge < -0.3 is 10.6 Å². The number of amides is 1. The molecule has 1 amide bonds. The third-order valence-electron chi connectivity index (χ3n) is 7.07. The molecule has 1 aliphatic rings. The molecule has 2 rings (SSSR count). The van der Waals surface area contributed by atoms with Crippen molar-refractivity contribution < 1.29 is 4.79 Å². The van der Waals surface area contributed by atoms with Crippen molar-refractivity contribution in [1.82, 2.24) is 10.6 Å². The molecule has 35 heavy (non-hydrogen) atoms. The van der Waals surface area contributed by atoms with Crippen LogP contribution in [0.2, 0.25) is 0 Å². The molecule has 1 aliphatic heterocycles. The number of carbonyl (C=O) groups is 1. The molecular formula is C31H48N2OS. The molecule has 0 aliphatic carbocycles. The van der Waals surface area contributed by atoms with Crippen LogP contribution in [0.4, 0.5) is 0 Å². The standard InChI is InChI=1S/C31H48N2OS/c1-25(11-5-4-6-16-28-20-22-32-23-21-28)12-9-13-26(2)14-10-15-27(3)19-24-33-31(34)29-17-7-8-18-30(29)35/h7-8,12,14,17-19,28,32,35H,4-6,9-11,13,15-16,20-24H2,1-3H3,(H,33,34). The topological polar surface area (TPSA) is 41.1 Å². The first-order valence-corrected chi connectivity index (χ1v) is 14.1. The number of nitrogens with one attached hydrogen (secondary N) is 2. The predicted octanol–water partition coefficient (Wildman–Crippen LogP) is 8.05. The summed E-state index contributed by atoms with van der Waals surface area (Å²) in [6, 6.07) is 7.38. The van der Waals surface area contributed by atoms with E-state index in [0.717, 1.165) is 31.6 Å². The fraction of sp³-hybridized carbons (Fsp3) is 0.581. The number of hydrogen-bond donors (Lipinski definition) is 3. The maximum atomic E-state index is 12.2. The summed E-state index contributed by atoms with van der Waals surface area (Å²) in [7, 11) is 0. The highest BCUT2D eigenvalue weighted by molar-refractivity contribution is 7.80. The van der Waals surface area contributed by atoms with Gasteiger partial charge in [-0.05, 0) is 103 Å². The molecule has 194 valence electrons. The van der Waals surface area contributed by atoms with Gasteiger partial charge in [-0.1, -0.05) is 66.3 Å². The number of thiol groups is 1. The third kappa shape index (κ3) is 13.2. The van der Waals surface area contributed by atoms with Crippen LogP contribution in [0.1, 0.15) is 102 Å². The van der Waals surface area contributed by atoms with Crippen LogP contribution < -0.4 is 10.6 Å². The summed E-state index contributed by atoms with van der Waals surface area (Å²) in [4.78, 5) is 12.9. The monoisotopic (exact) mass is 496 g/mol. The van der Waals surface area contributed by atoms with Crippen molar-refractivity contribution in [3.63, 3.8) is 0 Å². The van der Waals surface area contributed by atoms with Crippen LogP contribution in [0.15, 0.2) is 64.1 Å². The Morgan fingerprint density at radius 3 is 2.23 bits per heavy atom. The van der Waals surface area contributed by atoms with Crippen molar-refractivity contribution in [2.45, 2.75) is 96.3 Å². The van der Waals surface area contributed by atoms with Gasteiger partial charge >= 0.3 is 0 Å². The minimum atomic E-state index is -0.0732. The first-order chi connectivity index (χ1) is 17.0. The number of hydrogen-bond acceptors (Lipinski definition) is 3. The van der Waals surface area contributed by atoms with E-state index in [0.29, 0.717) is 17.0 Å². The molecule has 1 aromatic rings. The van der Waals surface area contributed by atoms with E-state index in [1.54, 1.807) is 11.6 Å². The van der Waals surface area contributed by atoms with E-state index >= 15 is 0 Å². The van der Waals surface area contributed by atoms with Gasteiger partial charge in [0.25, 0.3) is 5.91 Å². The summed E-state index contributed by atoms with van der Waals surface area (Å²) >= 11 is 4.35. The van der Waals surface area contributed by atoms with Crippen LogP contribution >= 0.6 is 12.6 Å². The number of unbranched alkanes of at least 4 members (excludes halogenated alkanes) is 2. The molecule has 3 nitrogen and oxygen atoms in total.